The number of nitrogens with zero attached hydrogens (tertiary/aromatic N) is 1. The van der Waals surface area contributed by atoms with Crippen LogP contribution in [0.1, 0.15) is 25.3 Å². The van der Waals surface area contributed by atoms with E-state index in [9.17, 15) is 0 Å². The van der Waals surface area contributed by atoms with E-state index in [0.717, 1.165) is 19.6 Å². The van der Waals surface area contributed by atoms with Crippen molar-refractivity contribution in [3.8, 4) is 0 Å². The van der Waals surface area contributed by atoms with Crippen LogP contribution in [0.4, 0.5) is 5.69 Å². The number of likely N-dealkylation sites (N-methyl/N-ethyl adjacent to an activating group) is 2. The monoisotopic (exact) mass is 262 g/mol. The van der Waals surface area contributed by atoms with Crippen LogP contribution in [0.15, 0.2) is 24.3 Å². The van der Waals surface area contributed by atoms with Gasteiger partial charge in [-0.1, -0.05) is 12.1 Å². The average Bonchev–Trinajstić information content (AvgIpc) is 2.84. The molecule has 3 nitrogen and oxygen atoms in total. The third-order valence-electron chi connectivity index (χ3n) is 3.80. The summed E-state index contributed by atoms with van der Waals surface area (Å²) in [4.78, 5) is 2.42. The molecule has 2 unspecified atom stereocenters. The highest BCUT2D eigenvalue weighted by Gasteiger charge is 2.26. The Morgan fingerprint density at radius 3 is 2.79 bits per heavy atom. The molecule has 2 atom stereocenters. The molecular formula is C16H26N2O. The van der Waals surface area contributed by atoms with Crippen LogP contribution in [-0.4, -0.2) is 38.9 Å². The minimum absolute atomic E-state index is 0.374. The highest BCUT2D eigenvalue weighted by Crippen LogP contribution is 2.23. The molecule has 1 fully saturated rings. The second kappa shape index (κ2) is 6.92. The number of anilines is 1. The van der Waals surface area contributed by atoms with Crippen molar-refractivity contribution in [2.75, 3.05) is 31.6 Å². The van der Waals surface area contributed by atoms with E-state index in [4.69, 9.17) is 4.74 Å². The Labute approximate surface area is 116 Å². The van der Waals surface area contributed by atoms with E-state index >= 15 is 0 Å². The van der Waals surface area contributed by atoms with Crippen molar-refractivity contribution < 1.29 is 4.74 Å². The minimum atomic E-state index is 0.374. The molecule has 1 aliphatic rings. The second-order valence-corrected chi connectivity index (χ2v) is 5.39. The molecule has 0 saturated carbocycles. The Hall–Kier alpha value is -1.06. The quantitative estimate of drug-likeness (QED) is 0.853. The summed E-state index contributed by atoms with van der Waals surface area (Å²) >= 11 is 0. The second-order valence-electron chi connectivity index (χ2n) is 5.39. The summed E-state index contributed by atoms with van der Waals surface area (Å²) in [5.74, 6) is 0. The molecule has 0 bridgehead atoms. The molecule has 1 heterocycles. The largest absolute Gasteiger partial charge is 0.372 e. The molecule has 0 amide bonds. The number of nitrogens with one attached hydrogen (secondary N) is 1. The van der Waals surface area contributed by atoms with Gasteiger partial charge in [0.25, 0.3) is 0 Å². The van der Waals surface area contributed by atoms with Gasteiger partial charge in [-0.2, -0.15) is 0 Å². The van der Waals surface area contributed by atoms with Crippen LogP contribution in [-0.2, 0) is 4.74 Å². The lowest BCUT2D eigenvalue weighted by molar-refractivity contribution is 0.0506. The lowest BCUT2D eigenvalue weighted by Gasteiger charge is -2.27. The summed E-state index contributed by atoms with van der Waals surface area (Å²) in [6.07, 6.45) is 3.12. The Morgan fingerprint density at radius 1 is 1.32 bits per heavy atom. The molecule has 106 valence electrons. The summed E-state index contributed by atoms with van der Waals surface area (Å²) < 4.78 is 6.08. The molecule has 1 aromatic carbocycles. The van der Waals surface area contributed by atoms with Gasteiger partial charge in [0.2, 0.25) is 0 Å². The Kier molecular flexibility index (Phi) is 5.23. The van der Waals surface area contributed by atoms with Gasteiger partial charge in [-0.25, -0.2) is 0 Å². The van der Waals surface area contributed by atoms with Crippen molar-refractivity contribution in [3.63, 3.8) is 0 Å². The first-order chi connectivity index (χ1) is 9.22. The molecule has 1 N–H and O–H groups in total. The fourth-order valence-corrected chi connectivity index (χ4v) is 2.78. The lowest BCUT2D eigenvalue weighted by Crippen LogP contribution is -2.33. The Morgan fingerprint density at radius 2 is 2.11 bits per heavy atom. The number of hydrogen-bond acceptors (Lipinski definition) is 3. The van der Waals surface area contributed by atoms with Crippen LogP contribution in [0, 0.1) is 6.92 Å². The maximum absolute atomic E-state index is 6.08. The van der Waals surface area contributed by atoms with Crippen molar-refractivity contribution in [1.82, 2.24) is 5.32 Å². The van der Waals surface area contributed by atoms with Gasteiger partial charge in [0.1, 0.15) is 0 Å². The molecule has 2 rings (SSSR count). The lowest BCUT2D eigenvalue weighted by atomic mass is 10.1. The van der Waals surface area contributed by atoms with Crippen LogP contribution < -0.4 is 10.2 Å². The zero-order valence-electron chi connectivity index (χ0n) is 12.4. The van der Waals surface area contributed by atoms with Gasteiger partial charge < -0.3 is 15.0 Å². The molecule has 1 saturated heterocycles. The Balaban J connectivity index is 1.93. The SMILES string of the molecule is CCN(CC1CCC(CNC)O1)c1cccc(C)c1. The first-order valence-electron chi connectivity index (χ1n) is 7.34. The van der Waals surface area contributed by atoms with Crippen LogP contribution in [0.3, 0.4) is 0 Å². The van der Waals surface area contributed by atoms with Crippen LogP contribution in [0.2, 0.25) is 0 Å². The normalized spacial score (nSPS) is 22.7. The van der Waals surface area contributed by atoms with Gasteiger partial charge in [-0.3, -0.25) is 0 Å². The summed E-state index contributed by atoms with van der Waals surface area (Å²) in [6.45, 7) is 7.35. The van der Waals surface area contributed by atoms with E-state index in [2.05, 4.69) is 48.3 Å². The number of ether oxygens (including phenoxy) is 1. The fourth-order valence-electron chi connectivity index (χ4n) is 2.78. The van der Waals surface area contributed by atoms with E-state index in [0.29, 0.717) is 12.2 Å². The topological polar surface area (TPSA) is 24.5 Å². The summed E-state index contributed by atoms with van der Waals surface area (Å²) in [5.41, 5.74) is 2.62. The molecule has 0 aliphatic carbocycles. The van der Waals surface area contributed by atoms with Crippen molar-refractivity contribution in [1.29, 1.82) is 0 Å². The van der Waals surface area contributed by atoms with Gasteiger partial charge in [0, 0.05) is 25.3 Å². The predicted molar refractivity (Wildman–Crippen MR) is 80.9 cm³/mol. The third-order valence-corrected chi connectivity index (χ3v) is 3.80. The van der Waals surface area contributed by atoms with E-state index in [1.54, 1.807) is 0 Å². The van der Waals surface area contributed by atoms with Crippen LogP contribution >= 0.6 is 0 Å². The molecule has 3 heteroatoms. The number of aryl methyl sites for hydroxylation is 1. The van der Waals surface area contributed by atoms with Gasteiger partial charge in [-0.05, 0) is 51.4 Å². The molecule has 0 spiro atoms. The minimum Gasteiger partial charge on any atom is -0.372 e. The number of benzene rings is 1. The average molecular weight is 262 g/mol. The van der Waals surface area contributed by atoms with E-state index < -0.39 is 0 Å². The summed E-state index contributed by atoms with van der Waals surface area (Å²) in [7, 11) is 1.99. The number of rotatable bonds is 6. The summed E-state index contributed by atoms with van der Waals surface area (Å²) in [6, 6.07) is 8.72. The first kappa shape index (κ1) is 14.4. The van der Waals surface area contributed by atoms with E-state index in [-0.39, 0.29) is 0 Å². The van der Waals surface area contributed by atoms with Gasteiger partial charge >= 0.3 is 0 Å². The zero-order valence-corrected chi connectivity index (χ0v) is 12.4. The third kappa shape index (κ3) is 3.95. The number of hydrogen-bond donors (Lipinski definition) is 1. The van der Waals surface area contributed by atoms with Gasteiger partial charge in [0.05, 0.1) is 12.2 Å². The predicted octanol–water partition coefficient (Wildman–Crippen LogP) is 2.59. The van der Waals surface area contributed by atoms with E-state index in [1.807, 2.05) is 7.05 Å². The smallest absolute Gasteiger partial charge is 0.0755 e. The van der Waals surface area contributed by atoms with E-state index in [1.165, 1.54) is 24.1 Å². The van der Waals surface area contributed by atoms with Gasteiger partial charge in [-0.15, -0.1) is 0 Å². The molecule has 1 aliphatic heterocycles. The Bertz CT molecular complexity index is 394. The summed E-state index contributed by atoms with van der Waals surface area (Å²) in [5, 5.41) is 3.20. The molecular weight excluding hydrogens is 236 g/mol. The van der Waals surface area contributed by atoms with Crippen LogP contribution in [0.5, 0.6) is 0 Å². The molecule has 19 heavy (non-hydrogen) atoms. The van der Waals surface area contributed by atoms with Crippen molar-refractivity contribution in [2.24, 2.45) is 0 Å². The molecule has 1 aromatic rings. The molecule has 0 radical (unpaired) electrons. The highest BCUT2D eigenvalue weighted by molar-refractivity contribution is 5.48. The molecule has 0 aromatic heterocycles. The zero-order chi connectivity index (χ0) is 13.7. The van der Waals surface area contributed by atoms with Crippen molar-refractivity contribution in [2.45, 2.75) is 38.9 Å². The van der Waals surface area contributed by atoms with Crippen LogP contribution in [0.25, 0.3) is 0 Å². The maximum atomic E-state index is 6.08. The highest BCUT2D eigenvalue weighted by atomic mass is 16.5. The first-order valence-corrected chi connectivity index (χ1v) is 7.34. The fraction of sp³-hybridized carbons (Fsp3) is 0.625. The van der Waals surface area contributed by atoms with Crippen molar-refractivity contribution in [3.05, 3.63) is 29.8 Å². The van der Waals surface area contributed by atoms with Gasteiger partial charge in [0.15, 0.2) is 0 Å². The van der Waals surface area contributed by atoms with Crippen molar-refractivity contribution >= 4 is 5.69 Å². The standard InChI is InChI=1S/C16H26N2O/c1-4-18(14-7-5-6-13(2)10-14)12-16-9-8-15(19-16)11-17-3/h5-7,10,15-17H,4,8-9,11-12H2,1-3H3. The maximum Gasteiger partial charge on any atom is 0.0755 e.